The lowest BCUT2D eigenvalue weighted by molar-refractivity contribution is -0.765. The Labute approximate surface area is 210 Å². The van der Waals surface area contributed by atoms with E-state index >= 15 is 0 Å². The molecule has 0 fully saturated rings. The van der Waals surface area contributed by atoms with Crippen LogP contribution in [-0.2, 0) is 11.0 Å². The van der Waals surface area contributed by atoms with Crippen molar-refractivity contribution in [2.45, 2.75) is 65.3 Å². The number of aromatic nitrogens is 1. The zero-order valence-electron chi connectivity index (χ0n) is 22.0. The van der Waals surface area contributed by atoms with Crippen LogP contribution in [0, 0.1) is 13.8 Å². The quantitative estimate of drug-likeness (QED) is 0.270. The molecular weight excluding hydrogens is 424 g/mol. The number of rotatable bonds is 5. The maximum Gasteiger partial charge on any atom is 0.213 e. The minimum atomic E-state index is 0.0143. The summed E-state index contributed by atoms with van der Waals surface area (Å²) in [4.78, 5) is 2.38. The smallest absolute Gasteiger partial charge is 0.213 e. The standard InChI is InChI=1S/C33H37N2/c1-7-32(5)30-21-20-28(23-29(30)31-11-9-10-22-34(31)33(32,6)8-2)35(26-16-12-24(3)13-17-26)27-18-14-25(4)15-19-27/h9-23H,7-8H2,1-6H3/q+1. The van der Waals surface area contributed by atoms with Crippen LogP contribution in [0.5, 0.6) is 0 Å². The molecule has 0 bridgehead atoms. The van der Waals surface area contributed by atoms with Gasteiger partial charge in [-0.15, -0.1) is 0 Å². The second-order valence-corrected chi connectivity index (χ2v) is 10.5. The van der Waals surface area contributed by atoms with Crippen LogP contribution in [0.15, 0.2) is 91.1 Å². The maximum absolute atomic E-state index is 2.53. The number of pyridine rings is 1. The molecule has 0 amide bonds. The molecule has 2 heterocycles. The average molecular weight is 462 g/mol. The minimum Gasteiger partial charge on any atom is -0.310 e. The topological polar surface area (TPSA) is 7.12 Å². The summed E-state index contributed by atoms with van der Waals surface area (Å²) in [5.74, 6) is 0. The van der Waals surface area contributed by atoms with Gasteiger partial charge in [0.15, 0.2) is 11.7 Å². The molecule has 0 spiro atoms. The molecule has 1 aliphatic heterocycles. The third-order valence-electron chi connectivity index (χ3n) is 8.69. The molecule has 3 aromatic carbocycles. The average Bonchev–Trinajstić information content (AvgIpc) is 2.89. The Kier molecular flexibility index (Phi) is 5.79. The zero-order valence-corrected chi connectivity index (χ0v) is 22.0. The van der Waals surface area contributed by atoms with E-state index in [9.17, 15) is 0 Å². The normalized spacial score (nSPS) is 20.7. The van der Waals surface area contributed by atoms with E-state index in [2.05, 4.69) is 142 Å². The molecule has 0 saturated carbocycles. The van der Waals surface area contributed by atoms with Gasteiger partial charge in [0.2, 0.25) is 5.69 Å². The predicted molar refractivity (Wildman–Crippen MR) is 148 cm³/mol. The van der Waals surface area contributed by atoms with Gasteiger partial charge in [-0.1, -0.05) is 55.3 Å². The van der Waals surface area contributed by atoms with Gasteiger partial charge in [0.05, 0.1) is 11.0 Å². The van der Waals surface area contributed by atoms with E-state index in [1.165, 1.54) is 45.0 Å². The first-order valence-electron chi connectivity index (χ1n) is 12.9. The van der Waals surface area contributed by atoms with Crippen LogP contribution in [0.1, 0.15) is 57.2 Å². The summed E-state index contributed by atoms with van der Waals surface area (Å²) in [5, 5.41) is 0. The monoisotopic (exact) mass is 461 g/mol. The van der Waals surface area contributed by atoms with Crippen molar-refractivity contribution < 1.29 is 4.57 Å². The number of benzene rings is 3. The van der Waals surface area contributed by atoms with E-state index in [-0.39, 0.29) is 11.0 Å². The summed E-state index contributed by atoms with van der Waals surface area (Å²) >= 11 is 0. The highest BCUT2D eigenvalue weighted by molar-refractivity contribution is 5.81. The number of anilines is 3. The Hall–Kier alpha value is -3.39. The molecule has 35 heavy (non-hydrogen) atoms. The lowest BCUT2D eigenvalue weighted by Crippen LogP contribution is -2.67. The van der Waals surface area contributed by atoms with Gasteiger partial charge < -0.3 is 4.90 Å². The van der Waals surface area contributed by atoms with Crippen LogP contribution in [-0.4, -0.2) is 0 Å². The Morgan fingerprint density at radius 2 is 1.26 bits per heavy atom. The number of aryl methyl sites for hydroxylation is 2. The molecule has 1 aliphatic rings. The molecule has 2 nitrogen and oxygen atoms in total. The minimum absolute atomic E-state index is 0.0143. The number of nitrogens with zero attached hydrogens (tertiary/aromatic N) is 2. The summed E-state index contributed by atoms with van der Waals surface area (Å²) in [5.41, 5.74) is 10.2. The summed E-state index contributed by atoms with van der Waals surface area (Å²) in [6.07, 6.45) is 4.45. The van der Waals surface area contributed by atoms with Crippen molar-refractivity contribution >= 4 is 17.1 Å². The van der Waals surface area contributed by atoms with Crippen molar-refractivity contribution in [3.63, 3.8) is 0 Å². The SMILES string of the molecule is CCC1(C)c2ccc(N(c3ccc(C)cc3)c3ccc(C)cc3)cc2-c2cccc[n+]2C1(C)CC. The van der Waals surface area contributed by atoms with Crippen LogP contribution < -0.4 is 9.47 Å². The molecule has 1 aromatic heterocycles. The van der Waals surface area contributed by atoms with Gasteiger partial charge >= 0.3 is 0 Å². The lowest BCUT2D eigenvalue weighted by Gasteiger charge is -2.46. The zero-order chi connectivity index (χ0) is 24.8. The van der Waals surface area contributed by atoms with Gasteiger partial charge in [-0.25, -0.2) is 0 Å². The Morgan fingerprint density at radius 1 is 0.686 bits per heavy atom. The Morgan fingerprint density at radius 3 is 1.80 bits per heavy atom. The van der Waals surface area contributed by atoms with Gasteiger partial charge in [-0.2, -0.15) is 4.57 Å². The van der Waals surface area contributed by atoms with Crippen LogP contribution >= 0.6 is 0 Å². The van der Waals surface area contributed by atoms with E-state index in [0.29, 0.717) is 0 Å². The molecule has 0 N–H and O–H groups in total. The van der Waals surface area contributed by atoms with Gasteiger partial charge in [-0.05, 0) is 75.2 Å². The summed E-state index contributed by atoms with van der Waals surface area (Å²) in [6.45, 7) is 13.8. The van der Waals surface area contributed by atoms with E-state index in [0.717, 1.165) is 12.8 Å². The second-order valence-electron chi connectivity index (χ2n) is 10.5. The first-order valence-corrected chi connectivity index (χ1v) is 12.9. The van der Waals surface area contributed by atoms with Crippen molar-refractivity contribution in [3.8, 4) is 11.3 Å². The number of fused-ring (bicyclic) bond motifs is 3. The molecule has 178 valence electrons. The highest BCUT2D eigenvalue weighted by atomic mass is 15.1. The number of hydrogen-bond acceptors (Lipinski definition) is 1. The van der Waals surface area contributed by atoms with Gasteiger partial charge in [0.25, 0.3) is 0 Å². The van der Waals surface area contributed by atoms with Crippen molar-refractivity contribution in [1.29, 1.82) is 0 Å². The van der Waals surface area contributed by atoms with Gasteiger partial charge in [0, 0.05) is 42.5 Å². The molecule has 0 radical (unpaired) electrons. The Bertz CT molecular complexity index is 1310. The highest BCUT2D eigenvalue weighted by Gasteiger charge is 2.56. The third-order valence-corrected chi connectivity index (χ3v) is 8.69. The van der Waals surface area contributed by atoms with E-state index < -0.39 is 0 Å². The molecule has 0 saturated heterocycles. The van der Waals surface area contributed by atoms with Crippen LogP contribution in [0.4, 0.5) is 17.1 Å². The Balaban J connectivity index is 1.75. The van der Waals surface area contributed by atoms with E-state index in [1.54, 1.807) is 0 Å². The molecule has 2 heteroatoms. The summed E-state index contributed by atoms with van der Waals surface area (Å²) < 4.78 is 2.53. The van der Waals surface area contributed by atoms with E-state index in [4.69, 9.17) is 0 Å². The number of hydrogen-bond donors (Lipinski definition) is 0. The molecule has 2 atom stereocenters. The van der Waals surface area contributed by atoms with Gasteiger partial charge in [0.1, 0.15) is 0 Å². The fraction of sp³-hybridized carbons (Fsp3) is 0.303. The van der Waals surface area contributed by atoms with E-state index in [1.807, 2.05) is 0 Å². The second kappa shape index (κ2) is 8.68. The molecule has 5 rings (SSSR count). The predicted octanol–water partition coefficient (Wildman–Crippen LogP) is 8.53. The highest BCUT2D eigenvalue weighted by Crippen LogP contribution is 2.50. The lowest BCUT2D eigenvalue weighted by atomic mass is 9.60. The largest absolute Gasteiger partial charge is 0.310 e. The van der Waals surface area contributed by atoms with Crippen molar-refractivity contribution in [2.24, 2.45) is 0 Å². The fourth-order valence-electron chi connectivity index (χ4n) is 5.98. The van der Waals surface area contributed by atoms with Crippen molar-refractivity contribution in [1.82, 2.24) is 0 Å². The maximum atomic E-state index is 2.53. The van der Waals surface area contributed by atoms with Gasteiger partial charge in [-0.3, -0.25) is 0 Å². The van der Waals surface area contributed by atoms with Crippen molar-refractivity contribution in [2.75, 3.05) is 4.90 Å². The first kappa shape index (κ1) is 23.4. The first-order chi connectivity index (χ1) is 16.8. The van der Waals surface area contributed by atoms with Crippen molar-refractivity contribution in [3.05, 3.63) is 108 Å². The fourth-order valence-corrected chi connectivity index (χ4v) is 5.98. The summed E-state index contributed by atoms with van der Waals surface area (Å²) in [6, 6.07) is 31.4. The molecule has 0 aliphatic carbocycles. The third kappa shape index (κ3) is 3.58. The molecular formula is C33H37N2+. The molecule has 4 aromatic rings. The molecule has 2 unspecified atom stereocenters. The van der Waals surface area contributed by atoms with Crippen LogP contribution in [0.3, 0.4) is 0 Å². The summed E-state index contributed by atoms with van der Waals surface area (Å²) in [7, 11) is 0. The van der Waals surface area contributed by atoms with Crippen LogP contribution in [0.25, 0.3) is 11.3 Å². The van der Waals surface area contributed by atoms with Crippen LogP contribution in [0.2, 0.25) is 0 Å².